The van der Waals surface area contributed by atoms with Crippen LogP contribution in [0.5, 0.6) is 0 Å². The first-order chi connectivity index (χ1) is 13.1. The van der Waals surface area contributed by atoms with Gasteiger partial charge in [0.2, 0.25) is 0 Å². The predicted octanol–water partition coefficient (Wildman–Crippen LogP) is 3.72. The van der Waals surface area contributed by atoms with Gasteiger partial charge in [-0.3, -0.25) is 9.79 Å². The predicted molar refractivity (Wildman–Crippen MR) is 120 cm³/mol. The Labute approximate surface area is 184 Å². The van der Waals surface area contributed by atoms with Gasteiger partial charge in [-0.15, -0.1) is 24.0 Å². The second-order valence-electron chi connectivity index (χ2n) is 7.55. The van der Waals surface area contributed by atoms with E-state index in [1.807, 2.05) is 19.1 Å². The number of benzene rings is 1. The van der Waals surface area contributed by atoms with Crippen molar-refractivity contribution in [3.63, 3.8) is 0 Å². The van der Waals surface area contributed by atoms with Gasteiger partial charge in [0.1, 0.15) is 5.82 Å². The van der Waals surface area contributed by atoms with Gasteiger partial charge in [0.15, 0.2) is 5.96 Å². The van der Waals surface area contributed by atoms with Gasteiger partial charge in [-0.25, -0.2) is 4.39 Å². The topological polar surface area (TPSA) is 53.9 Å². The van der Waals surface area contributed by atoms with Crippen LogP contribution in [0.15, 0.2) is 29.3 Å². The van der Waals surface area contributed by atoms with Gasteiger partial charge in [0, 0.05) is 32.1 Å². The van der Waals surface area contributed by atoms with Gasteiger partial charge >= 0.3 is 5.97 Å². The zero-order chi connectivity index (χ0) is 19.3. The molecule has 1 saturated carbocycles. The third kappa shape index (κ3) is 5.15. The van der Waals surface area contributed by atoms with Crippen molar-refractivity contribution in [3.05, 3.63) is 35.6 Å². The molecule has 5 nitrogen and oxygen atoms in total. The minimum absolute atomic E-state index is 0. The molecule has 0 aromatic heterocycles. The standard InChI is InChI=1S/C21H30FN3O2.HI/c1-3-27-19(26)16-9-13-25(14-10-16)20(23-2)24-15-21(11-4-12-21)17-5-7-18(22)8-6-17;/h5-8,16H,3-4,9-15H2,1-2H3,(H,23,24);1H. The molecule has 1 saturated heterocycles. The zero-order valence-corrected chi connectivity index (χ0v) is 19.1. The molecule has 1 aromatic rings. The Morgan fingerprint density at radius 1 is 1.29 bits per heavy atom. The number of nitrogens with zero attached hydrogens (tertiary/aromatic N) is 2. The van der Waals surface area contributed by atoms with Crippen LogP contribution in [0.25, 0.3) is 0 Å². The summed E-state index contributed by atoms with van der Waals surface area (Å²) in [5.74, 6) is 0.605. The van der Waals surface area contributed by atoms with Gasteiger partial charge in [-0.1, -0.05) is 18.6 Å². The summed E-state index contributed by atoms with van der Waals surface area (Å²) in [4.78, 5) is 18.6. The molecule has 1 N–H and O–H groups in total. The quantitative estimate of drug-likeness (QED) is 0.288. The number of hydrogen-bond donors (Lipinski definition) is 1. The van der Waals surface area contributed by atoms with Crippen molar-refractivity contribution in [3.8, 4) is 0 Å². The highest BCUT2D eigenvalue weighted by Crippen LogP contribution is 2.43. The second kappa shape index (κ2) is 10.4. The van der Waals surface area contributed by atoms with E-state index in [0.29, 0.717) is 6.61 Å². The molecular weight excluding hydrogens is 472 g/mol. The highest BCUT2D eigenvalue weighted by Gasteiger charge is 2.39. The third-order valence-corrected chi connectivity index (χ3v) is 5.98. The molecule has 3 rings (SSSR count). The van der Waals surface area contributed by atoms with Crippen molar-refractivity contribution in [2.75, 3.05) is 33.3 Å². The molecule has 0 bridgehead atoms. The lowest BCUT2D eigenvalue weighted by Gasteiger charge is -2.44. The van der Waals surface area contributed by atoms with Crippen molar-refractivity contribution in [1.82, 2.24) is 10.2 Å². The molecule has 1 heterocycles. The summed E-state index contributed by atoms with van der Waals surface area (Å²) < 4.78 is 18.4. The minimum atomic E-state index is -0.193. The summed E-state index contributed by atoms with van der Waals surface area (Å²) in [5.41, 5.74) is 1.26. The van der Waals surface area contributed by atoms with Crippen LogP contribution >= 0.6 is 24.0 Å². The fraction of sp³-hybridized carbons (Fsp3) is 0.619. The van der Waals surface area contributed by atoms with E-state index in [0.717, 1.165) is 51.3 Å². The molecule has 156 valence electrons. The van der Waals surface area contributed by atoms with Crippen molar-refractivity contribution in [1.29, 1.82) is 0 Å². The summed E-state index contributed by atoms with van der Waals surface area (Å²) >= 11 is 0. The van der Waals surface area contributed by atoms with Crippen LogP contribution in [0.3, 0.4) is 0 Å². The first-order valence-corrected chi connectivity index (χ1v) is 9.96. The Hall–Kier alpha value is -1.38. The molecule has 0 radical (unpaired) electrons. The van der Waals surface area contributed by atoms with Gasteiger partial charge in [0.05, 0.1) is 12.5 Å². The maximum absolute atomic E-state index is 13.3. The van der Waals surface area contributed by atoms with E-state index in [2.05, 4.69) is 15.2 Å². The first kappa shape index (κ1) is 22.9. The van der Waals surface area contributed by atoms with Crippen LogP contribution in [-0.2, 0) is 14.9 Å². The SMILES string of the molecule is CCOC(=O)C1CCN(C(=NC)NCC2(c3ccc(F)cc3)CCC2)CC1.I. The number of hydrogen-bond acceptors (Lipinski definition) is 3. The highest BCUT2D eigenvalue weighted by atomic mass is 127. The van der Waals surface area contributed by atoms with E-state index in [9.17, 15) is 9.18 Å². The number of piperidine rings is 1. The van der Waals surface area contributed by atoms with E-state index < -0.39 is 0 Å². The lowest BCUT2D eigenvalue weighted by Crippen LogP contribution is -2.52. The smallest absolute Gasteiger partial charge is 0.309 e. The Bertz CT molecular complexity index is 669. The van der Waals surface area contributed by atoms with E-state index >= 15 is 0 Å². The number of carbonyl (C=O) groups excluding carboxylic acids is 1. The Morgan fingerprint density at radius 2 is 1.93 bits per heavy atom. The molecule has 1 aliphatic heterocycles. The molecule has 1 aromatic carbocycles. The molecule has 2 aliphatic rings. The van der Waals surface area contributed by atoms with E-state index in [-0.39, 0.29) is 47.1 Å². The highest BCUT2D eigenvalue weighted by molar-refractivity contribution is 14.0. The van der Waals surface area contributed by atoms with Crippen molar-refractivity contribution >= 4 is 35.9 Å². The zero-order valence-electron chi connectivity index (χ0n) is 16.7. The molecule has 0 spiro atoms. The third-order valence-electron chi connectivity index (χ3n) is 5.98. The number of ether oxygens (including phenoxy) is 1. The van der Waals surface area contributed by atoms with Gasteiger partial charge < -0.3 is 15.0 Å². The number of aliphatic imine (C=N–C) groups is 1. The number of likely N-dealkylation sites (tertiary alicyclic amines) is 1. The van der Waals surface area contributed by atoms with Crippen LogP contribution < -0.4 is 5.32 Å². The largest absolute Gasteiger partial charge is 0.466 e. The first-order valence-electron chi connectivity index (χ1n) is 9.96. The number of carbonyl (C=O) groups is 1. The monoisotopic (exact) mass is 503 g/mol. The Kier molecular flexibility index (Phi) is 8.52. The normalized spacial score (nSPS) is 19.4. The molecule has 0 atom stereocenters. The lowest BCUT2D eigenvalue weighted by atomic mass is 9.64. The van der Waals surface area contributed by atoms with Gasteiger partial charge in [-0.05, 0) is 50.3 Å². The summed E-state index contributed by atoms with van der Waals surface area (Å²) in [6, 6.07) is 6.91. The second-order valence-corrected chi connectivity index (χ2v) is 7.55. The number of nitrogens with one attached hydrogen (secondary N) is 1. The fourth-order valence-electron chi connectivity index (χ4n) is 4.14. The average Bonchev–Trinajstić information content (AvgIpc) is 2.65. The van der Waals surface area contributed by atoms with Gasteiger partial charge in [-0.2, -0.15) is 0 Å². The van der Waals surface area contributed by atoms with Crippen LogP contribution in [0.1, 0.15) is 44.6 Å². The van der Waals surface area contributed by atoms with E-state index in [1.54, 1.807) is 19.2 Å². The maximum Gasteiger partial charge on any atom is 0.309 e. The van der Waals surface area contributed by atoms with Crippen molar-refractivity contribution in [2.45, 2.75) is 44.4 Å². The summed E-state index contributed by atoms with van der Waals surface area (Å²) in [5, 5.41) is 3.53. The van der Waals surface area contributed by atoms with E-state index in [4.69, 9.17) is 4.74 Å². The fourth-order valence-corrected chi connectivity index (χ4v) is 4.14. The molecule has 0 amide bonds. The molecular formula is C21H31FIN3O2. The number of halogens is 2. The van der Waals surface area contributed by atoms with E-state index in [1.165, 1.54) is 12.0 Å². The van der Waals surface area contributed by atoms with Crippen molar-refractivity contribution in [2.24, 2.45) is 10.9 Å². The van der Waals surface area contributed by atoms with Crippen molar-refractivity contribution < 1.29 is 13.9 Å². The molecule has 28 heavy (non-hydrogen) atoms. The molecule has 7 heteroatoms. The van der Waals surface area contributed by atoms with Crippen LogP contribution in [0.4, 0.5) is 4.39 Å². The summed E-state index contributed by atoms with van der Waals surface area (Å²) in [7, 11) is 1.80. The average molecular weight is 503 g/mol. The summed E-state index contributed by atoms with van der Waals surface area (Å²) in [6.45, 7) is 4.67. The van der Waals surface area contributed by atoms with Gasteiger partial charge in [0.25, 0.3) is 0 Å². The lowest BCUT2D eigenvalue weighted by molar-refractivity contribution is -0.149. The number of esters is 1. The van der Waals surface area contributed by atoms with Crippen LogP contribution in [0.2, 0.25) is 0 Å². The minimum Gasteiger partial charge on any atom is -0.466 e. The van der Waals surface area contributed by atoms with Crippen LogP contribution in [-0.4, -0.2) is 50.1 Å². The summed E-state index contributed by atoms with van der Waals surface area (Å²) in [6.07, 6.45) is 5.00. The van der Waals surface area contributed by atoms with Crippen LogP contribution in [0, 0.1) is 11.7 Å². The molecule has 1 aliphatic carbocycles. The Balaban J connectivity index is 0.00000280. The number of rotatable bonds is 5. The maximum atomic E-state index is 13.3. The molecule has 2 fully saturated rings. The Morgan fingerprint density at radius 3 is 2.43 bits per heavy atom. The number of guanidine groups is 1. The molecule has 0 unspecified atom stereocenters.